The van der Waals surface area contributed by atoms with Crippen LogP contribution < -0.4 is 0 Å². The number of hydrogen-bond donors (Lipinski definition) is 1. The van der Waals surface area contributed by atoms with Crippen molar-refractivity contribution >= 4 is 10.9 Å². The Bertz CT molecular complexity index is 673. The van der Waals surface area contributed by atoms with Crippen LogP contribution >= 0.6 is 0 Å². The highest BCUT2D eigenvalue weighted by Gasteiger charge is 2.26. The van der Waals surface area contributed by atoms with Crippen molar-refractivity contribution in [2.75, 3.05) is 26.2 Å². The third-order valence-electron chi connectivity index (χ3n) is 5.48. The van der Waals surface area contributed by atoms with Crippen LogP contribution in [0, 0.1) is 0 Å². The van der Waals surface area contributed by atoms with Gasteiger partial charge in [0.1, 0.15) is 11.3 Å². The number of aromatic nitrogens is 1. The van der Waals surface area contributed by atoms with Gasteiger partial charge >= 0.3 is 0 Å². The number of aromatic hydroxyl groups is 1. The number of fused-ring (bicyclic) bond motifs is 1. The van der Waals surface area contributed by atoms with Crippen LogP contribution in [0.2, 0.25) is 0 Å². The second-order valence-corrected chi connectivity index (χ2v) is 6.89. The molecule has 0 amide bonds. The molecule has 122 valence electrons. The van der Waals surface area contributed by atoms with Crippen molar-refractivity contribution in [2.45, 2.75) is 38.3 Å². The fourth-order valence-corrected chi connectivity index (χ4v) is 4.15. The van der Waals surface area contributed by atoms with E-state index < -0.39 is 0 Å². The molecule has 4 heteroatoms. The number of hydrogen-bond acceptors (Lipinski definition) is 4. The molecule has 2 heterocycles. The molecular weight excluding hydrogens is 286 g/mol. The van der Waals surface area contributed by atoms with Crippen molar-refractivity contribution < 1.29 is 5.11 Å². The zero-order valence-corrected chi connectivity index (χ0v) is 13.6. The molecule has 4 nitrogen and oxygen atoms in total. The van der Waals surface area contributed by atoms with Crippen LogP contribution in [-0.2, 0) is 6.54 Å². The summed E-state index contributed by atoms with van der Waals surface area (Å²) >= 11 is 0. The monoisotopic (exact) mass is 311 g/mol. The molecule has 0 unspecified atom stereocenters. The molecule has 1 saturated heterocycles. The van der Waals surface area contributed by atoms with Gasteiger partial charge in [-0.05, 0) is 30.5 Å². The fourth-order valence-electron chi connectivity index (χ4n) is 4.15. The molecule has 1 aliphatic carbocycles. The highest BCUT2D eigenvalue weighted by molar-refractivity contribution is 5.87. The molecule has 2 aliphatic rings. The molecule has 1 aromatic heterocycles. The van der Waals surface area contributed by atoms with Gasteiger partial charge in [0.05, 0.1) is 0 Å². The largest absolute Gasteiger partial charge is 0.506 e. The molecule has 1 N–H and O–H groups in total. The average molecular weight is 311 g/mol. The zero-order valence-electron chi connectivity index (χ0n) is 13.6. The van der Waals surface area contributed by atoms with Crippen LogP contribution in [0.4, 0.5) is 0 Å². The number of phenols is 1. The van der Waals surface area contributed by atoms with Gasteiger partial charge in [-0.25, -0.2) is 0 Å². The Morgan fingerprint density at radius 3 is 2.61 bits per heavy atom. The van der Waals surface area contributed by atoms with E-state index in [1.165, 1.54) is 44.3 Å². The zero-order chi connectivity index (χ0) is 15.6. The molecule has 1 aromatic carbocycles. The maximum Gasteiger partial charge on any atom is 0.141 e. The lowest BCUT2D eigenvalue weighted by Crippen LogP contribution is -2.49. The molecule has 0 bridgehead atoms. The van der Waals surface area contributed by atoms with Crippen molar-refractivity contribution in [2.24, 2.45) is 0 Å². The Hall–Kier alpha value is -1.65. The van der Waals surface area contributed by atoms with Gasteiger partial charge in [0.15, 0.2) is 0 Å². The van der Waals surface area contributed by atoms with E-state index in [9.17, 15) is 5.11 Å². The van der Waals surface area contributed by atoms with Crippen molar-refractivity contribution in [3.63, 3.8) is 0 Å². The maximum absolute atomic E-state index is 9.97. The van der Waals surface area contributed by atoms with Crippen LogP contribution in [-0.4, -0.2) is 52.1 Å². The predicted molar refractivity (Wildman–Crippen MR) is 92.5 cm³/mol. The van der Waals surface area contributed by atoms with Gasteiger partial charge < -0.3 is 5.11 Å². The van der Waals surface area contributed by atoms with Crippen molar-refractivity contribution in [1.82, 2.24) is 14.8 Å². The summed E-state index contributed by atoms with van der Waals surface area (Å²) in [5, 5.41) is 11.0. The summed E-state index contributed by atoms with van der Waals surface area (Å²) in [7, 11) is 0. The minimum Gasteiger partial charge on any atom is -0.506 e. The highest BCUT2D eigenvalue weighted by atomic mass is 16.3. The van der Waals surface area contributed by atoms with Crippen molar-refractivity contribution in [3.05, 3.63) is 36.0 Å². The Morgan fingerprint density at radius 1 is 1.04 bits per heavy atom. The van der Waals surface area contributed by atoms with E-state index in [2.05, 4.69) is 20.9 Å². The molecule has 4 rings (SSSR count). The van der Waals surface area contributed by atoms with Crippen LogP contribution in [0.3, 0.4) is 0 Å². The summed E-state index contributed by atoms with van der Waals surface area (Å²) < 4.78 is 0. The first-order chi connectivity index (χ1) is 11.3. The van der Waals surface area contributed by atoms with Crippen LogP contribution in [0.5, 0.6) is 5.75 Å². The lowest BCUT2D eigenvalue weighted by atomic mass is 10.1. The number of benzene rings is 1. The maximum atomic E-state index is 9.97. The summed E-state index contributed by atoms with van der Waals surface area (Å²) in [5.41, 5.74) is 1.98. The first kappa shape index (κ1) is 14.9. The lowest BCUT2D eigenvalue weighted by Gasteiger charge is -2.38. The number of pyridine rings is 1. The normalized spacial score (nSPS) is 21.2. The Kier molecular flexibility index (Phi) is 4.19. The molecule has 1 saturated carbocycles. The van der Waals surface area contributed by atoms with E-state index in [-0.39, 0.29) is 5.75 Å². The lowest BCUT2D eigenvalue weighted by molar-refractivity contribution is 0.0939. The minimum atomic E-state index is 0.274. The number of piperazine rings is 1. The van der Waals surface area contributed by atoms with E-state index in [1.807, 2.05) is 12.1 Å². The van der Waals surface area contributed by atoms with Gasteiger partial charge in [0.2, 0.25) is 0 Å². The summed E-state index contributed by atoms with van der Waals surface area (Å²) in [4.78, 5) is 9.55. The molecule has 0 radical (unpaired) electrons. The molecule has 2 aromatic rings. The smallest absolute Gasteiger partial charge is 0.141 e. The average Bonchev–Trinajstić information content (AvgIpc) is 3.13. The quantitative estimate of drug-likeness (QED) is 0.946. The van der Waals surface area contributed by atoms with Crippen molar-refractivity contribution in [1.29, 1.82) is 0 Å². The molecule has 2 fully saturated rings. The Labute approximate surface area is 137 Å². The van der Waals surface area contributed by atoms with E-state index in [4.69, 9.17) is 0 Å². The van der Waals surface area contributed by atoms with Gasteiger partial charge in [-0.3, -0.25) is 14.8 Å². The SMILES string of the molecule is Oc1ccc(CN2CCN(C3CCCC3)CC2)c2cccnc12. The highest BCUT2D eigenvalue weighted by Crippen LogP contribution is 2.28. The number of phenolic OH excluding ortho intramolecular Hbond substituents is 1. The van der Waals surface area contributed by atoms with Crippen LogP contribution in [0.15, 0.2) is 30.5 Å². The fraction of sp³-hybridized carbons (Fsp3) is 0.526. The second-order valence-electron chi connectivity index (χ2n) is 6.89. The number of rotatable bonds is 3. The molecule has 0 atom stereocenters. The van der Waals surface area contributed by atoms with Crippen molar-refractivity contribution in [3.8, 4) is 5.75 Å². The van der Waals surface area contributed by atoms with Gasteiger partial charge in [-0.2, -0.15) is 0 Å². The van der Waals surface area contributed by atoms with E-state index in [0.717, 1.165) is 36.6 Å². The van der Waals surface area contributed by atoms with Gasteiger partial charge in [0, 0.05) is 50.3 Å². The van der Waals surface area contributed by atoms with Crippen LogP contribution in [0.1, 0.15) is 31.2 Å². The van der Waals surface area contributed by atoms with Gasteiger partial charge in [-0.15, -0.1) is 0 Å². The number of nitrogens with zero attached hydrogens (tertiary/aromatic N) is 3. The minimum absolute atomic E-state index is 0.274. The first-order valence-corrected chi connectivity index (χ1v) is 8.83. The molecule has 0 spiro atoms. The third-order valence-corrected chi connectivity index (χ3v) is 5.48. The van der Waals surface area contributed by atoms with E-state index in [1.54, 1.807) is 12.3 Å². The Morgan fingerprint density at radius 2 is 1.83 bits per heavy atom. The van der Waals surface area contributed by atoms with Gasteiger partial charge in [0.25, 0.3) is 0 Å². The summed E-state index contributed by atoms with van der Waals surface area (Å²) in [5.74, 6) is 0.274. The van der Waals surface area contributed by atoms with Crippen LogP contribution in [0.25, 0.3) is 10.9 Å². The second kappa shape index (κ2) is 6.46. The molecule has 1 aliphatic heterocycles. The van der Waals surface area contributed by atoms with E-state index >= 15 is 0 Å². The third kappa shape index (κ3) is 3.06. The molecular formula is C19H25N3O. The summed E-state index contributed by atoms with van der Waals surface area (Å²) in [6.45, 7) is 5.61. The predicted octanol–water partition coefficient (Wildman–Crippen LogP) is 3.00. The summed E-state index contributed by atoms with van der Waals surface area (Å²) in [6, 6.07) is 8.67. The Balaban J connectivity index is 1.44. The topological polar surface area (TPSA) is 39.6 Å². The van der Waals surface area contributed by atoms with E-state index in [0.29, 0.717) is 0 Å². The van der Waals surface area contributed by atoms with Gasteiger partial charge in [-0.1, -0.05) is 25.0 Å². The first-order valence-electron chi connectivity index (χ1n) is 8.83. The molecule has 23 heavy (non-hydrogen) atoms. The summed E-state index contributed by atoms with van der Waals surface area (Å²) in [6.07, 6.45) is 7.36. The standard InChI is InChI=1S/C19H25N3O/c23-18-8-7-15(17-6-3-9-20-19(17)18)14-21-10-12-22(13-11-21)16-4-1-2-5-16/h3,6-9,16,23H,1-2,4-5,10-14H2.